The number of nitrogens with two attached hydrogens (primary N) is 1. The zero-order valence-corrected chi connectivity index (χ0v) is 18.7. The van der Waals surface area contributed by atoms with Crippen molar-refractivity contribution in [2.45, 2.75) is 57.9 Å². The van der Waals surface area contributed by atoms with Crippen LogP contribution in [0.4, 0.5) is 0 Å². The lowest BCUT2D eigenvalue weighted by Crippen LogP contribution is -2.68. The zero-order chi connectivity index (χ0) is 22.6. The van der Waals surface area contributed by atoms with Crippen LogP contribution in [0.15, 0.2) is 41.3 Å². The minimum atomic E-state index is -4.94. The first-order valence-electron chi connectivity index (χ1n) is 8.87. The number of rotatable bonds is 5. The second-order valence-corrected chi connectivity index (χ2v) is 9.66. The standard InChI is InChI=1S/C19H27N2O2S.ClHO4/c1-13(2)18-10-15(5)11-19(14(3)4)21(18)12-16-6-8-17(9-7-16)24(20,22)23;2-1(3,4)5/h6-11,13-14H,12H2,1-5H3,(H2,20,22,23);(H,2,3,4,5)/q+1;/p-1. The third kappa shape index (κ3) is 8.75. The van der Waals surface area contributed by atoms with E-state index in [1.54, 1.807) is 12.1 Å². The van der Waals surface area contributed by atoms with Crippen molar-refractivity contribution in [2.75, 3.05) is 0 Å². The number of hydrogen-bond acceptors (Lipinski definition) is 6. The first kappa shape index (κ1) is 25.4. The molecular formula is C19H27ClN2O6S. The Morgan fingerprint density at radius 3 is 1.62 bits per heavy atom. The molecule has 2 rings (SSSR count). The second kappa shape index (κ2) is 9.94. The smallest absolute Gasteiger partial charge is 0.225 e. The molecule has 0 radical (unpaired) electrons. The van der Waals surface area contributed by atoms with Crippen molar-refractivity contribution in [1.82, 2.24) is 0 Å². The summed E-state index contributed by atoms with van der Waals surface area (Å²) in [6, 6.07) is 11.3. The molecule has 0 spiro atoms. The molecular weight excluding hydrogens is 420 g/mol. The summed E-state index contributed by atoms with van der Waals surface area (Å²) in [7, 11) is -8.59. The average molecular weight is 447 g/mol. The third-order valence-corrected chi connectivity index (χ3v) is 5.08. The molecule has 0 saturated heterocycles. The van der Waals surface area contributed by atoms with Gasteiger partial charge in [-0.3, -0.25) is 0 Å². The van der Waals surface area contributed by atoms with E-state index >= 15 is 0 Å². The van der Waals surface area contributed by atoms with Gasteiger partial charge in [0.2, 0.25) is 10.0 Å². The average Bonchev–Trinajstić information content (AvgIpc) is 2.53. The maximum atomic E-state index is 11.4. The molecule has 1 aromatic carbocycles. The minimum absolute atomic E-state index is 0.147. The lowest BCUT2D eigenvalue weighted by molar-refractivity contribution is -2.00. The van der Waals surface area contributed by atoms with Gasteiger partial charge in [-0.2, -0.15) is 4.57 Å². The molecule has 0 amide bonds. The van der Waals surface area contributed by atoms with Gasteiger partial charge in [-0.25, -0.2) is 32.2 Å². The van der Waals surface area contributed by atoms with E-state index in [1.165, 1.54) is 17.0 Å². The van der Waals surface area contributed by atoms with Crippen molar-refractivity contribution in [1.29, 1.82) is 0 Å². The molecule has 0 atom stereocenters. The molecule has 2 N–H and O–H groups in total. The Balaban J connectivity index is 0.000000749. The molecule has 0 aliphatic carbocycles. The van der Waals surface area contributed by atoms with Crippen LogP contribution in [0.25, 0.3) is 0 Å². The highest BCUT2D eigenvalue weighted by Gasteiger charge is 2.23. The fourth-order valence-corrected chi connectivity index (χ4v) is 3.43. The summed E-state index contributed by atoms with van der Waals surface area (Å²) in [5.74, 6) is 0.817. The highest BCUT2D eigenvalue weighted by atomic mass is 35.7. The van der Waals surface area contributed by atoms with Crippen molar-refractivity contribution in [3.8, 4) is 0 Å². The van der Waals surface area contributed by atoms with Gasteiger partial charge in [-0.05, 0) is 24.6 Å². The van der Waals surface area contributed by atoms with Crippen molar-refractivity contribution >= 4 is 10.0 Å². The number of nitrogens with zero attached hydrogens (tertiary/aromatic N) is 1. The number of pyridine rings is 1. The Labute approximate surface area is 174 Å². The number of aromatic nitrogens is 1. The number of primary sulfonamides is 1. The van der Waals surface area contributed by atoms with E-state index in [1.807, 2.05) is 12.1 Å². The molecule has 2 aromatic rings. The van der Waals surface area contributed by atoms with Gasteiger partial charge >= 0.3 is 0 Å². The summed E-state index contributed by atoms with van der Waals surface area (Å²) >= 11 is 0. The number of aryl methyl sites for hydroxylation is 1. The Morgan fingerprint density at radius 1 is 0.931 bits per heavy atom. The van der Waals surface area contributed by atoms with Gasteiger partial charge in [0.05, 0.1) is 4.90 Å². The molecule has 0 fully saturated rings. The van der Waals surface area contributed by atoms with Crippen LogP contribution < -0.4 is 28.3 Å². The van der Waals surface area contributed by atoms with Crippen LogP contribution in [0.3, 0.4) is 0 Å². The summed E-state index contributed by atoms with van der Waals surface area (Å²) in [6.45, 7) is 11.6. The van der Waals surface area contributed by atoms with E-state index in [9.17, 15) is 8.42 Å². The number of benzene rings is 1. The van der Waals surface area contributed by atoms with E-state index in [4.69, 9.17) is 23.8 Å². The molecule has 1 aromatic heterocycles. The van der Waals surface area contributed by atoms with Crippen molar-refractivity contribution in [3.05, 3.63) is 58.9 Å². The van der Waals surface area contributed by atoms with Crippen molar-refractivity contribution in [2.24, 2.45) is 5.14 Å². The molecule has 0 aliphatic heterocycles. The first-order valence-corrected chi connectivity index (χ1v) is 11.7. The first-order chi connectivity index (χ1) is 13.1. The Bertz CT molecular complexity index is 888. The SMILES string of the molecule is Cc1cc(C(C)C)[n+](Cc2ccc(S(N)(=O)=O)cc2)c(C(C)C)c1.[O-][Cl+3]([O-])([O-])[O-]. The lowest BCUT2D eigenvalue weighted by atomic mass is 10.0. The summed E-state index contributed by atoms with van der Waals surface area (Å²) in [5.41, 5.74) is 4.90. The summed E-state index contributed by atoms with van der Waals surface area (Å²) in [5, 5.41) is 5.17. The van der Waals surface area contributed by atoms with Gasteiger partial charge in [0.25, 0.3) is 0 Å². The third-order valence-electron chi connectivity index (χ3n) is 4.15. The van der Waals surface area contributed by atoms with Crippen LogP contribution in [-0.4, -0.2) is 8.42 Å². The zero-order valence-electron chi connectivity index (χ0n) is 17.1. The normalized spacial score (nSPS) is 12.1. The highest BCUT2D eigenvalue weighted by molar-refractivity contribution is 7.89. The van der Waals surface area contributed by atoms with E-state index < -0.39 is 20.3 Å². The van der Waals surface area contributed by atoms with E-state index in [-0.39, 0.29) is 4.90 Å². The van der Waals surface area contributed by atoms with Crippen LogP contribution in [0.1, 0.15) is 62.0 Å². The fourth-order valence-electron chi connectivity index (χ4n) is 2.92. The molecule has 162 valence electrons. The maximum Gasteiger partial charge on any atom is 0.238 e. The topological polar surface area (TPSA) is 156 Å². The Hall–Kier alpha value is -1.59. The van der Waals surface area contributed by atoms with Crippen LogP contribution in [-0.2, 0) is 16.6 Å². The Morgan fingerprint density at radius 2 is 1.31 bits per heavy atom. The predicted octanol–water partition coefficient (Wildman–Crippen LogP) is -1.53. The van der Waals surface area contributed by atoms with Crippen LogP contribution in [0, 0.1) is 17.2 Å². The second-order valence-electron chi connectivity index (χ2n) is 7.34. The van der Waals surface area contributed by atoms with Crippen LogP contribution in [0.2, 0.25) is 0 Å². The minimum Gasteiger partial charge on any atom is -0.225 e. The molecule has 0 bridgehead atoms. The van der Waals surface area contributed by atoms with Crippen LogP contribution in [0.5, 0.6) is 0 Å². The molecule has 0 unspecified atom stereocenters. The highest BCUT2D eigenvalue weighted by Crippen LogP contribution is 2.19. The van der Waals surface area contributed by atoms with Crippen LogP contribution >= 0.6 is 0 Å². The van der Waals surface area contributed by atoms with Gasteiger partial charge < -0.3 is 0 Å². The van der Waals surface area contributed by atoms with E-state index in [2.05, 4.69) is 51.3 Å². The van der Waals surface area contributed by atoms with Gasteiger partial charge in [-0.15, -0.1) is 10.2 Å². The van der Waals surface area contributed by atoms with Crippen molar-refractivity contribution in [3.63, 3.8) is 0 Å². The van der Waals surface area contributed by atoms with E-state index in [0.29, 0.717) is 18.4 Å². The Kier molecular flexibility index (Phi) is 8.73. The predicted molar refractivity (Wildman–Crippen MR) is 96.5 cm³/mol. The largest absolute Gasteiger partial charge is 0.238 e. The number of hydrogen-bond donors (Lipinski definition) is 1. The van der Waals surface area contributed by atoms with Gasteiger partial charge in [-0.1, -0.05) is 39.8 Å². The van der Waals surface area contributed by atoms with Gasteiger partial charge in [0.1, 0.15) is 0 Å². The molecule has 1 heterocycles. The monoisotopic (exact) mass is 446 g/mol. The quantitative estimate of drug-likeness (QED) is 0.549. The maximum absolute atomic E-state index is 11.4. The summed E-state index contributed by atoms with van der Waals surface area (Å²) < 4.78 is 59.1. The van der Waals surface area contributed by atoms with Gasteiger partial charge in [0, 0.05) is 29.5 Å². The molecule has 0 aliphatic rings. The lowest BCUT2D eigenvalue weighted by Gasteiger charge is -2.17. The summed E-state index contributed by atoms with van der Waals surface area (Å²) in [6.07, 6.45) is 0. The molecule has 8 nitrogen and oxygen atoms in total. The summed E-state index contributed by atoms with van der Waals surface area (Å²) in [4.78, 5) is 0.147. The molecule has 29 heavy (non-hydrogen) atoms. The number of halogens is 1. The van der Waals surface area contributed by atoms with E-state index in [0.717, 1.165) is 5.56 Å². The fraction of sp³-hybridized carbons (Fsp3) is 0.421. The van der Waals surface area contributed by atoms with Crippen molar-refractivity contribution < 1.29 is 41.9 Å². The number of sulfonamides is 1. The molecule has 0 saturated carbocycles. The molecule has 10 heteroatoms. The van der Waals surface area contributed by atoms with Gasteiger partial charge in [0.15, 0.2) is 17.9 Å².